The SMILES string of the molecule is CCOc1cc(Br)cc2c1C(=O)N([C@@H](C)C1CC1)C2. The van der Waals surface area contributed by atoms with Crippen LogP contribution >= 0.6 is 15.9 Å². The van der Waals surface area contributed by atoms with Gasteiger partial charge in [0.1, 0.15) is 5.75 Å². The average Bonchev–Trinajstić information content (AvgIpc) is 3.14. The lowest BCUT2D eigenvalue weighted by Crippen LogP contribution is -2.34. The highest BCUT2D eigenvalue weighted by molar-refractivity contribution is 9.10. The largest absolute Gasteiger partial charge is 0.493 e. The third-order valence-electron chi connectivity index (χ3n) is 4.06. The first-order chi connectivity index (χ1) is 9.11. The van der Waals surface area contributed by atoms with E-state index in [0.717, 1.165) is 15.6 Å². The average molecular weight is 324 g/mol. The van der Waals surface area contributed by atoms with Gasteiger partial charge in [0.2, 0.25) is 0 Å². The summed E-state index contributed by atoms with van der Waals surface area (Å²) in [6.07, 6.45) is 2.51. The van der Waals surface area contributed by atoms with Crippen molar-refractivity contribution in [3.63, 3.8) is 0 Å². The Balaban J connectivity index is 1.95. The van der Waals surface area contributed by atoms with E-state index in [1.54, 1.807) is 0 Å². The second-order valence-corrected chi connectivity index (χ2v) is 6.30. The van der Waals surface area contributed by atoms with Crippen LogP contribution in [0.5, 0.6) is 5.75 Å². The van der Waals surface area contributed by atoms with Crippen molar-refractivity contribution in [3.05, 3.63) is 27.7 Å². The fraction of sp³-hybridized carbons (Fsp3) is 0.533. The van der Waals surface area contributed by atoms with Crippen LogP contribution < -0.4 is 4.74 Å². The predicted molar refractivity (Wildman–Crippen MR) is 77.4 cm³/mol. The van der Waals surface area contributed by atoms with Crippen LogP contribution in [0.2, 0.25) is 0 Å². The Bertz CT molecular complexity index is 525. The van der Waals surface area contributed by atoms with Crippen molar-refractivity contribution >= 4 is 21.8 Å². The molecule has 1 heterocycles. The number of fused-ring (bicyclic) bond motifs is 1. The Hall–Kier alpha value is -1.03. The molecule has 0 spiro atoms. The van der Waals surface area contributed by atoms with Crippen molar-refractivity contribution in [2.45, 2.75) is 39.3 Å². The molecule has 3 rings (SSSR count). The smallest absolute Gasteiger partial charge is 0.258 e. The summed E-state index contributed by atoms with van der Waals surface area (Å²) in [4.78, 5) is 14.6. The van der Waals surface area contributed by atoms with E-state index in [1.165, 1.54) is 12.8 Å². The van der Waals surface area contributed by atoms with Gasteiger partial charge in [-0.05, 0) is 50.3 Å². The number of amides is 1. The predicted octanol–water partition coefficient (Wildman–Crippen LogP) is 3.60. The van der Waals surface area contributed by atoms with E-state index < -0.39 is 0 Å². The minimum atomic E-state index is 0.130. The van der Waals surface area contributed by atoms with Crippen molar-refractivity contribution in [1.29, 1.82) is 0 Å². The van der Waals surface area contributed by atoms with Crippen molar-refractivity contribution in [2.24, 2.45) is 5.92 Å². The molecule has 0 unspecified atom stereocenters. The minimum absolute atomic E-state index is 0.130. The van der Waals surface area contributed by atoms with E-state index in [-0.39, 0.29) is 5.91 Å². The molecular weight excluding hydrogens is 306 g/mol. The van der Waals surface area contributed by atoms with Crippen molar-refractivity contribution in [3.8, 4) is 5.75 Å². The van der Waals surface area contributed by atoms with Crippen LogP contribution in [-0.4, -0.2) is 23.5 Å². The van der Waals surface area contributed by atoms with Gasteiger partial charge in [-0.1, -0.05) is 15.9 Å². The maximum absolute atomic E-state index is 12.6. The first-order valence-electron chi connectivity index (χ1n) is 6.88. The molecule has 102 valence electrons. The maximum atomic E-state index is 12.6. The number of hydrogen-bond donors (Lipinski definition) is 0. The third kappa shape index (κ3) is 2.27. The number of hydrogen-bond acceptors (Lipinski definition) is 2. The van der Waals surface area contributed by atoms with Crippen LogP contribution in [0.15, 0.2) is 16.6 Å². The summed E-state index contributed by atoms with van der Waals surface area (Å²) in [5, 5.41) is 0. The van der Waals surface area contributed by atoms with Crippen molar-refractivity contribution < 1.29 is 9.53 Å². The summed E-state index contributed by atoms with van der Waals surface area (Å²) < 4.78 is 6.60. The molecule has 0 bridgehead atoms. The highest BCUT2D eigenvalue weighted by atomic mass is 79.9. The molecule has 1 atom stereocenters. The van der Waals surface area contributed by atoms with Crippen LogP contribution in [0.4, 0.5) is 0 Å². The molecule has 0 saturated heterocycles. The molecule has 1 aromatic carbocycles. The van der Waals surface area contributed by atoms with E-state index in [0.29, 0.717) is 30.9 Å². The summed E-state index contributed by atoms with van der Waals surface area (Å²) >= 11 is 3.49. The lowest BCUT2D eigenvalue weighted by Gasteiger charge is -2.24. The lowest BCUT2D eigenvalue weighted by molar-refractivity contribution is 0.0694. The standard InChI is InChI=1S/C15H18BrNO2/c1-3-19-13-7-12(16)6-11-8-17(15(18)14(11)13)9(2)10-4-5-10/h6-7,9-10H,3-5,8H2,1-2H3/t9-/m0/s1. The van der Waals surface area contributed by atoms with E-state index in [9.17, 15) is 4.79 Å². The molecular formula is C15H18BrNO2. The zero-order valence-corrected chi connectivity index (χ0v) is 12.9. The Morgan fingerprint density at radius 1 is 1.47 bits per heavy atom. The molecule has 1 fully saturated rings. The van der Waals surface area contributed by atoms with Gasteiger partial charge >= 0.3 is 0 Å². The van der Waals surface area contributed by atoms with Gasteiger partial charge in [-0.2, -0.15) is 0 Å². The number of nitrogens with zero attached hydrogens (tertiary/aromatic N) is 1. The molecule has 3 nitrogen and oxygen atoms in total. The molecule has 1 aromatic rings. The summed E-state index contributed by atoms with van der Waals surface area (Å²) in [7, 11) is 0. The molecule has 1 amide bonds. The Labute approximate surface area is 122 Å². The maximum Gasteiger partial charge on any atom is 0.258 e. The normalized spacial score (nSPS) is 19.5. The van der Waals surface area contributed by atoms with Gasteiger partial charge in [0.25, 0.3) is 5.91 Å². The molecule has 4 heteroatoms. The first-order valence-corrected chi connectivity index (χ1v) is 7.67. The molecule has 1 saturated carbocycles. The van der Waals surface area contributed by atoms with E-state index >= 15 is 0 Å². The van der Waals surface area contributed by atoms with Gasteiger partial charge in [-0.15, -0.1) is 0 Å². The number of carbonyl (C=O) groups excluding carboxylic acids is 1. The van der Waals surface area contributed by atoms with Gasteiger partial charge in [0.15, 0.2) is 0 Å². The Morgan fingerprint density at radius 2 is 2.21 bits per heavy atom. The zero-order chi connectivity index (χ0) is 13.6. The molecule has 0 N–H and O–H groups in total. The molecule has 1 aliphatic carbocycles. The van der Waals surface area contributed by atoms with Crippen LogP contribution in [0.25, 0.3) is 0 Å². The first kappa shape index (κ1) is 13.0. The number of ether oxygens (including phenoxy) is 1. The monoisotopic (exact) mass is 323 g/mol. The topological polar surface area (TPSA) is 29.5 Å². The van der Waals surface area contributed by atoms with Gasteiger partial charge in [-0.3, -0.25) is 4.79 Å². The number of carbonyl (C=O) groups is 1. The minimum Gasteiger partial charge on any atom is -0.493 e. The summed E-state index contributed by atoms with van der Waals surface area (Å²) in [6, 6.07) is 4.27. The number of rotatable bonds is 4. The quantitative estimate of drug-likeness (QED) is 0.847. The highest BCUT2D eigenvalue weighted by Gasteiger charge is 2.39. The summed E-state index contributed by atoms with van der Waals surface area (Å²) in [6.45, 7) is 5.40. The van der Waals surface area contributed by atoms with Gasteiger partial charge in [0, 0.05) is 17.1 Å². The molecule has 2 aliphatic rings. The lowest BCUT2D eigenvalue weighted by atomic mass is 10.1. The molecule has 1 aliphatic heterocycles. The van der Waals surface area contributed by atoms with Gasteiger partial charge in [0.05, 0.1) is 12.2 Å². The van der Waals surface area contributed by atoms with E-state index in [1.807, 2.05) is 24.0 Å². The molecule has 19 heavy (non-hydrogen) atoms. The summed E-state index contributed by atoms with van der Waals surface area (Å²) in [5.41, 5.74) is 1.84. The third-order valence-corrected chi connectivity index (χ3v) is 4.52. The second-order valence-electron chi connectivity index (χ2n) is 5.38. The molecule has 0 aromatic heterocycles. The summed E-state index contributed by atoms with van der Waals surface area (Å²) in [5.74, 6) is 1.53. The second kappa shape index (κ2) is 4.82. The fourth-order valence-electron chi connectivity index (χ4n) is 2.83. The highest BCUT2D eigenvalue weighted by Crippen LogP contribution is 2.41. The van der Waals surface area contributed by atoms with Crippen LogP contribution in [0, 0.1) is 5.92 Å². The number of benzene rings is 1. The molecule has 0 radical (unpaired) electrons. The number of halogens is 1. The Morgan fingerprint density at radius 3 is 2.84 bits per heavy atom. The Kier molecular flexibility index (Phi) is 3.29. The zero-order valence-electron chi connectivity index (χ0n) is 11.3. The van der Waals surface area contributed by atoms with Gasteiger partial charge < -0.3 is 9.64 Å². The van der Waals surface area contributed by atoms with Crippen molar-refractivity contribution in [1.82, 2.24) is 4.90 Å². The van der Waals surface area contributed by atoms with Gasteiger partial charge in [-0.25, -0.2) is 0 Å². The van der Waals surface area contributed by atoms with E-state index in [2.05, 4.69) is 22.9 Å². The van der Waals surface area contributed by atoms with Crippen LogP contribution in [-0.2, 0) is 6.54 Å². The van der Waals surface area contributed by atoms with Crippen molar-refractivity contribution in [2.75, 3.05) is 6.61 Å². The van der Waals surface area contributed by atoms with Crippen LogP contribution in [0.3, 0.4) is 0 Å². The van der Waals surface area contributed by atoms with E-state index in [4.69, 9.17) is 4.74 Å². The fourth-order valence-corrected chi connectivity index (χ4v) is 3.32. The van der Waals surface area contributed by atoms with Crippen LogP contribution in [0.1, 0.15) is 42.6 Å².